The molecule has 3 aromatic rings. The van der Waals surface area contributed by atoms with Crippen LogP contribution in [0.3, 0.4) is 0 Å². The third-order valence-corrected chi connectivity index (χ3v) is 3.25. The van der Waals surface area contributed by atoms with Crippen LogP contribution < -0.4 is 10.5 Å². The molecule has 2 aromatic carbocycles. The average Bonchev–Trinajstić information content (AvgIpc) is 2.84. The number of nitrogens with two attached hydrogens (primary N) is 1. The molecule has 21 heavy (non-hydrogen) atoms. The van der Waals surface area contributed by atoms with Crippen molar-refractivity contribution < 1.29 is 4.74 Å². The van der Waals surface area contributed by atoms with Gasteiger partial charge in [0.15, 0.2) is 0 Å². The first-order valence-corrected chi connectivity index (χ1v) is 6.81. The Morgan fingerprint density at radius 3 is 2.86 bits per heavy atom. The molecule has 1 aromatic heterocycles. The highest BCUT2D eigenvalue weighted by atomic mass is 16.5. The summed E-state index contributed by atoms with van der Waals surface area (Å²) in [5.41, 5.74) is 8.74. The molecule has 0 atom stereocenters. The van der Waals surface area contributed by atoms with Crippen LogP contribution in [0.1, 0.15) is 5.56 Å². The lowest BCUT2D eigenvalue weighted by Gasteiger charge is -2.04. The molecule has 4 heteroatoms. The normalized spacial score (nSPS) is 10.7. The van der Waals surface area contributed by atoms with Crippen LogP contribution in [0, 0.1) is 0 Å². The number of ether oxygens (including phenoxy) is 1. The molecule has 0 spiro atoms. The predicted molar refractivity (Wildman–Crippen MR) is 85.4 cm³/mol. The Hall–Kier alpha value is -2.75. The SMILES string of the molecule is C=CCOc1nn(Cc2cccc(N)c2)c2ccccc12. The van der Waals surface area contributed by atoms with Gasteiger partial charge in [0, 0.05) is 5.69 Å². The van der Waals surface area contributed by atoms with Crippen LogP contribution in [0.2, 0.25) is 0 Å². The molecule has 3 rings (SSSR count). The summed E-state index contributed by atoms with van der Waals surface area (Å²) in [6.45, 7) is 4.77. The van der Waals surface area contributed by atoms with Crippen molar-refractivity contribution in [3.63, 3.8) is 0 Å². The van der Waals surface area contributed by atoms with Crippen LogP contribution in [0.25, 0.3) is 10.9 Å². The molecule has 0 unspecified atom stereocenters. The molecule has 0 aliphatic rings. The van der Waals surface area contributed by atoms with Gasteiger partial charge in [-0.25, -0.2) is 0 Å². The summed E-state index contributed by atoms with van der Waals surface area (Å²) >= 11 is 0. The van der Waals surface area contributed by atoms with Gasteiger partial charge in [0.05, 0.1) is 17.4 Å². The van der Waals surface area contributed by atoms with E-state index in [1.54, 1.807) is 6.08 Å². The van der Waals surface area contributed by atoms with Crippen LogP contribution in [0.15, 0.2) is 61.2 Å². The van der Waals surface area contributed by atoms with Gasteiger partial charge >= 0.3 is 0 Å². The van der Waals surface area contributed by atoms with Gasteiger partial charge in [-0.05, 0) is 29.8 Å². The van der Waals surface area contributed by atoms with E-state index in [2.05, 4.69) is 11.7 Å². The highest BCUT2D eigenvalue weighted by Gasteiger charge is 2.11. The zero-order chi connectivity index (χ0) is 14.7. The van der Waals surface area contributed by atoms with Crippen molar-refractivity contribution in [3.05, 3.63) is 66.7 Å². The van der Waals surface area contributed by atoms with E-state index >= 15 is 0 Å². The fourth-order valence-corrected chi connectivity index (χ4v) is 2.33. The Balaban J connectivity index is 2.00. The van der Waals surface area contributed by atoms with E-state index in [1.807, 2.05) is 53.2 Å². The molecule has 0 saturated carbocycles. The number of aromatic nitrogens is 2. The maximum absolute atomic E-state index is 5.83. The van der Waals surface area contributed by atoms with Gasteiger partial charge in [0.25, 0.3) is 0 Å². The minimum atomic E-state index is 0.444. The topological polar surface area (TPSA) is 53.1 Å². The molecule has 0 amide bonds. The van der Waals surface area contributed by atoms with Crippen LogP contribution in [-0.2, 0) is 6.54 Å². The third-order valence-electron chi connectivity index (χ3n) is 3.25. The standard InChI is InChI=1S/C17H17N3O/c1-2-10-21-17-15-8-3-4-9-16(15)20(19-17)12-13-6-5-7-14(18)11-13/h2-9,11H,1,10,12,18H2. The third kappa shape index (κ3) is 2.74. The van der Waals surface area contributed by atoms with Crippen LogP contribution in [-0.4, -0.2) is 16.4 Å². The Bertz CT molecular complexity index is 777. The van der Waals surface area contributed by atoms with Crippen molar-refractivity contribution in [3.8, 4) is 5.88 Å². The van der Waals surface area contributed by atoms with Crippen molar-refractivity contribution in [1.29, 1.82) is 0 Å². The number of hydrogen-bond donors (Lipinski definition) is 1. The van der Waals surface area contributed by atoms with Gasteiger partial charge in [0.2, 0.25) is 5.88 Å². The fraction of sp³-hybridized carbons (Fsp3) is 0.118. The van der Waals surface area contributed by atoms with E-state index < -0.39 is 0 Å². The fourth-order valence-electron chi connectivity index (χ4n) is 2.33. The second-order valence-electron chi connectivity index (χ2n) is 4.82. The lowest BCUT2D eigenvalue weighted by atomic mass is 10.2. The molecular weight excluding hydrogens is 262 g/mol. The van der Waals surface area contributed by atoms with Gasteiger partial charge in [0.1, 0.15) is 6.61 Å². The number of benzene rings is 2. The number of hydrogen-bond acceptors (Lipinski definition) is 3. The van der Waals surface area contributed by atoms with Crippen molar-refractivity contribution in [1.82, 2.24) is 9.78 Å². The molecule has 1 heterocycles. The summed E-state index contributed by atoms with van der Waals surface area (Å²) in [6, 6.07) is 15.9. The van der Waals surface area contributed by atoms with E-state index in [-0.39, 0.29) is 0 Å². The van der Waals surface area contributed by atoms with E-state index in [0.29, 0.717) is 19.0 Å². The second kappa shape index (κ2) is 5.71. The van der Waals surface area contributed by atoms with Crippen LogP contribution in [0.4, 0.5) is 5.69 Å². The summed E-state index contributed by atoms with van der Waals surface area (Å²) in [5.74, 6) is 0.634. The highest BCUT2D eigenvalue weighted by Crippen LogP contribution is 2.25. The lowest BCUT2D eigenvalue weighted by Crippen LogP contribution is -2.03. The van der Waals surface area contributed by atoms with Gasteiger partial charge in [-0.3, -0.25) is 4.68 Å². The van der Waals surface area contributed by atoms with E-state index in [0.717, 1.165) is 22.2 Å². The molecule has 0 saturated heterocycles. The minimum Gasteiger partial charge on any atom is -0.472 e. The Morgan fingerprint density at radius 1 is 1.19 bits per heavy atom. The molecule has 106 valence electrons. The first-order valence-electron chi connectivity index (χ1n) is 6.81. The summed E-state index contributed by atoms with van der Waals surface area (Å²) in [6.07, 6.45) is 1.71. The van der Waals surface area contributed by atoms with Crippen LogP contribution >= 0.6 is 0 Å². The van der Waals surface area contributed by atoms with E-state index in [9.17, 15) is 0 Å². The van der Waals surface area contributed by atoms with Crippen molar-refractivity contribution in [2.24, 2.45) is 0 Å². The van der Waals surface area contributed by atoms with Gasteiger partial charge < -0.3 is 10.5 Å². The monoisotopic (exact) mass is 279 g/mol. The lowest BCUT2D eigenvalue weighted by molar-refractivity contribution is 0.347. The number of para-hydroxylation sites is 1. The maximum atomic E-state index is 5.83. The summed E-state index contributed by atoms with van der Waals surface area (Å²) in [7, 11) is 0. The van der Waals surface area contributed by atoms with Gasteiger partial charge in [-0.1, -0.05) is 36.9 Å². The first kappa shape index (κ1) is 13.2. The van der Waals surface area contributed by atoms with Gasteiger partial charge in [-0.15, -0.1) is 5.10 Å². The zero-order valence-electron chi connectivity index (χ0n) is 11.7. The summed E-state index contributed by atoms with van der Waals surface area (Å²) in [4.78, 5) is 0. The molecule has 2 N–H and O–H groups in total. The summed E-state index contributed by atoms with van der Waals surface area (Å²) < 4.78 is 7.57. The zero-order valence-corrected chi connectivity index (χ0v) is 11.7. The molecule has 0 aliphatic carbocycles. The Labute approximate surface area is 123 Å². The average molecular weight is 279 g/mol. The number of anilines is 1. The quantitative estimate of drug-likeness (QED) is 0.576. The van der Waals surface area contributed by atoms with Crippen molar-refractivity contribution in [2.75, 3.05) is 12.3 Å². The highest BCUT2D eigenvalue weighted by molar-refractivity contribution is 5.84. The van der Waals surface area contributed by atoms with Crippen molar-refractivity contribution in [2.45, 2.75) is 6.54 Å². The molecule has 0 fully saturated rings. The number of nitrogens with zero attached hydrogens (tertiary/aromatic N) is 2. The molecule has 0 aliphatic heterocycles. The molecular formula is C17H17N3O. The number of rotatable bonds is 5. The smallest absolute Gasteiger partial charge is 0.241 e. The van der Waals surface area contributed by atoms with E-state index in [1.165, 1.54) is 0 Å². The predicted octanol–water partition coefficient (Wildman–Crippen LogP) is 3.23. The summed E-state index contributed by atoms with van der Waals surface area (Å²) in [5, 5.41) is 5.56. The minimum absolute atomic E-state index is 0.444. The largest absolute Gasteiger partial charge is 0.472 e. The van der Waals surface area contributed by atoms with Crippen LogP contribution in [0.5, 0.6) is 5.88 Å². The van der Waals surface area contributed by atoms with Crippen molar-refractivity contribution >= 4 is 16.6 Å². The number of nitrogen functional groups attached to an aromatic ring is 1. The Morgan fingerprint density at radius 2 is 2.05 bits per heavy atom. The molecule has 0 bridgehead atoms. The molecule has 4 nitrogen and oxygen atoms in total. The second-order valence-corrected chi connectivity index (χ2v) is 4.82. The number of fused-ring (bicyclic) bond motifs is 1. The first-order chi connectivity index (χ1) is 10.3. The molecule has 0 radical (unpaired) electrons. The Kier molecular flexibility index (Phi) is 3.60. The van der Waals surface area contributed by atoms with Gasteiger partial charge in [-0.2, -0.15) is 0 Å². The maximum Gasteiger partial charge on any atom is 0.241 e. The van der Waals surface area contributed by atoms with E-state index in [4.69, 9.17) is 10.5 Å².